The third kappa shape index (κ3) is 3.35. The largest absolute Gasteiger partial charge is 0.299 e. The molecule has 0 amide bonds. The molecular formula is C33H45N3O2S. The third-order valence-corrected chi connectivity index (χ3v) is 14.5. The highest BCUT2D eigenvalue weighted by Crippen LogP contribution is 2.76. The van der Waals surface area contributed by atoms with Crippen molar-refractivity contribution in [1.82, 2.24) is 10.2 Å². The number of nitrogens with zero attached hydrogens (tertiary/aromatic N) is 3. The van der Waals surface area contributed by atoms with E-state index in [0.29, 0.717) is 17.8 Å². The number of carbonyl (C=O) groups excluding carboxylic acids is 2. The van der Waals surface area contributed by atoms with Crippen LogP contribution < -0.4 is 0 Å². The van der Waals surface area contributed by atoms with Crippen molar-refractivity contribution < 1.29 is 9.59 Å². The van der Waals surface area contributed by atoms with Crippen molar-refractivity contribution in [2.24, 2.45) is 50.7 Å². The van der Waals surface area contributed by atoms with Gasteiger partial charge in [-0.25, -0.2) is 0 Å². The van der Waals surface area contributed by atoms with E-state index in [2.05, 4.69) is 45.8 Å². The standard InChI is InChI=1S/C33H45N3O2S/c1-19-35-36-27(39-19)33-13-11-28(2,3)17-21(33)25-22(37)15-24-30(6)16-20(18-34)26(38)29(4,5)23(30)9-10-31(24,7)32(25,8)12-14-33/h16,21,23-25H,9-15,17H2,1-8H3. The Labute approximate surface area is 238 Å². The van der Waals surface area contributed by atoms with Crippen molar-refractivity contribution in [2.75, 3.05) is 0 Å². The van der Waals surface area contributed by atoms with Gasteiger partial charge in [0, 0.05) is 23.2 Å². The van der Waals surface area contributed by atoms with Crippen molar-refractivity contribution in [1.29, 1.82) is 5.26 Å². The van der Waals surface area contributed by atoms with Crippen molar-refractivity contribution in [3.05, 3.63) is 21.7 Å². The third-order valence-electron chi connectivity index (χ3n) is 13.4. The molecule has 4 fully saturated rings. The molecule has 210 valence electrons. The normalized spacial score (nSPS) is 46.2. The Kier molecular flexibility index (Phi) is 5.68. The SMILES string of the molecule is Cc1nnc(C23CCC(C)(C)CC2C2C(=O)CC4C5(C)C=C(C#N)C(=O)C(C)(C)C5CCC4(C)C2(C)CC3)s1. The predicted molar refractivity (Wildman–Crippen MR) is 153 cm³/mol. The molecule has 8 unspecified atom stereocenters. The highest BCUT2D eigenvalue weighted by atomic mass is 32.1. The van der Waals surface area contributed by atoms with Crippen LogP contribution in [0.2, 0.25) is 0 Å². The molecule has 5 aliphatic rings. The van der Waals surface area contributed by atoms with E-state index < -0.39 is 5.41 Å². The van der Waals surface area contributed by atoms with E-state index in [1.54, 1.807) is 11.3 Å². The van der Waals surface area contributed by atoms with Crippen LogP contribution in [0, 0.1) is 69.0 Å². The summed E-state index contributed by atoms with van der Waals surface area (Å²) in [6, 6.07) is 2.24. The number of Topliss-reactive ketones (excluding diaryl/α,β-unsaturated/α-hetero) is 2. The summed E-state index contributed by atoms with van der Waals surface area (Å²) in [7, 11) is 0. The van der Waals surface area contributed by atoms with Gasteiger partial charge < -0.3 is 0 Å². The molecule has 6 heteroatoms. The van der Waals surface area contributed by atoms with Gasteiger partial charge >= 0.3 is 0 Å². The molecule has 5 nitrogen and oxygen atoms in total. The first-order chi connectivity index (χ1) is 18.1. The lowest BCUT2D eigenvalue weighted by atomic mass is 9.31. The maximum atomic E-state index is 14.7. The lowest BCUT2D eigenvalue weighted by Crippen LogP contribution is -2.69. The molecule has 5 aliphatic carbocycles. The number of allylic oxidation sites excluding steroid dienone is 2. The van der Waals surface area contributed by atoms with Gasteiger partial charge in [0.15, 0.2) is 5.78 Å². The molecule has 0 N–H and O–H groups in total. The Morgan fingerprint density at radius 3 is 2.26 bits per heavy atom. The molecule has 1 aromatic rings. The second-order valence-electron chi connectivity index (χ2n) is 16.0. The minimum absolute atomic E-state index is 0.00841. The van der Waals surface area contributed by atoms with Gasteiger partial charge in [-0.15, -0.1) is 21.5 Å². The van der Waals surface area contributed by atoms with Crippen molar-refractivity contribution in [2.45, 2.75) is 112 Å². The molecule has 1 aromatic heterocycles. The van der Waals surface area contributed by atoms with Gasteiger partial charge in [0.2, 0.25) is 0 Å². The smallest absolute Gasteiger partial charge is 0.178 e. The van der Waals surface area contributed by atoms with E-state index >= 15 is 0 Å². The van der Waals surface area contributed by atoms with E-state index in [4.69, 9.17) is 5.10 Å². The van der Waals surface area contributed by atoms with Gasteiger partial charge in [-0.05, 0) is 91.3 Å². The average molecular weight is 548 g/mol. The lowest BCUT2D eigenvalue weighted by molar-refractivity contribution is -0.214. The first-order valence-corrected chi connectivity index (χ1v) is 15.9. The predicted octanol–water partition coefficient (Wildman–Crippen LogP) is 7.40. The average Bonchev–Trinajstić information content (AvgIpc) is 3.29. The van der Waals surface area contributed by atoms with Crippen LogP contribution in [-0.4, -0.2) is 21.8 Å². The molecule has 0 saturated heterocycles. The molecule has 4 saturated carbocycles. The zero-order valence-electron chi connectivity index (χ0n) is 25.1. The monoisotopic (exact) mass is 547 g/mol. The van der Waals surface area contributed by atoms with Gasteiger partial charge in [0.1, 0.15) is 21.9 Å². The number of aryl methyl sites for hydroxylation is 1. The Balaban J connectivity index is 1.49. The highest BCUT2D eigenvalue weighted by molar-refractivity contribution is 7.11. The number of rotatable bonds is 1. The summed E-state index contributed by atoms with van der Waals surface area (Å²) in [5.41, 5.74) is -0.683. The van der Waals surface area contributed by atoms with Crippen LogP contribution in [0.1, 0.15) is 110 Å². The molecule has 1 heterocycles. The van der Waals surface area contributed by atoms with Crippen LogP contribution in [0.25, 0.3) is 0 Å². The van der Waals surface area contributed by atoms with Crippen molar-refractivity contribution >= 4 is 22.9 Å². The van der Waals surface area contributed by atoms with E-state index in [-0.39, 0.29) is 56.5 Å². The first-order valence-electron chi connectivity index (χ1n) is 15.1. The summed E-state index contributed by atoms with van der Waals surface area (Å²) >= 11 is 1.75. The number of nitriles is 1. The van der Waals surface area contributed by atoms with Crippen LogP contribution >= 0.6 is 11.3 Å². The summed E-state index contributed by atoms with van der Waals surface area (Å²) < 4.78 is 0. The topological polar surface area (TPSA) is 83.7 Å². The van der Waals surface area contributed by atoms with Gasteiger partial charge in [-0.3, -0.25) is 9.59 Å². The number of carbonyl (C=O) groups is 2. The van der Waals surface area contributed by atoms with Crippen LogP contribution in [0.3, 0.4) is 0 Å². The number of aromatic nitrogens is 2. The molecule has 0 aromatic carbocycles. The van der Waals surface area contributed by atoms with E-state index in [1.165, 1.54) is 0 Å². The molecule has 0 bridgehead atoms. The van der Waals surface area contributed by atoms with Crippen LogP contribution in [0.4, 0.5) is 0 Å². The maximum Gasteiger partial charge on any atom is 0.178 e. The van der Waals surface area contributed by atoms with Gasteiger partial charge in [-0.2, -0.15) is 5.26 Å². The van der Waals surface area contributed by atoms with E-state index in [0.717, 1.165) is 55.0 Å². The second kappa shape index (κ2) is 8.11. The van der Waals surface area contributed by atoms with Crippen molar-refractivity contribution in [3.8, 4) is 6.07 Å². The zero-order chi connectivity index (χ0) is 28.4. The van der Waals surface area contributed by atoms with E-state index in [9.17, 15) is 14.9 Å². The fraction of sp³-hybridized carbons (Fsp3) is 0.788. The van der Waals surface area contributed by atoms with Crippen LogP contribution in [-0.2, 0) is 15.0 Å². The van der Waals surface area contributed by atoms with Crippen LogP contribution in [0.5, 0.6) is 0 Å². The molecule has 0 radical (unpaired) electrons. The van der Waals surface area contributed by atoms with Crippen molar-refractivity contribution in [3.63, 3.8) is 0 Å². The minimum atomic E-state index is -0.596. The molecule has 8 atom stereocenters. The maximum absolute atomic E-state index is 14.7. The molecule has 39 heavy (non-hydrogen) atoms. The zero-order valence-corrected chi connectivity index (χ0v) is 25.9. The minimum Gasteiger partial charge on any atom is -0.299 e. The fourth-order valence-electron chi connectivity index (χ4n) is 11.2. The molecule has 6 rings (SSSR count). The first kappa shape index (κ1) is 27.3. The summed E-state index contributed by atoms with van der Waals surface area (Å²) in [5, 5.41) is 21.3. The van der Waals surface area contributed by atoms with Gasteiger partial charge in [0.25, 0.3) is 0 Å². The Hall–Kier alpha value is -1.87. The molecule has 0 spiro atoms. The van der Waals surface area contributed by atoms with E-state index in [1.807, 2.05) is 26.8 Å². The highest BCUT2D eigenvalue weighted by Gasteiger charge is 2.72. The summed E-state index contributed by atoms with van der Waals surface area (Å²) in [6.07, 6.45) is 9.93. The summed E-state index contributed by atoms with van der Waals surface area (Å²) in [6.45, 7) is 18.0. The van der Waals surface area contributed by atoms with Gasteiger partial charge in [-0.1, -0.05) is 54.5 Å². The second-order valence-corrected chi connectivity index (χ2v) is 17.2. The Morgan fingerprint density at radius 2 is 1.62 bits per heavy atom. The molecule has 0 aliphatic heterocycles. The number of fused-ring (bicyclic) bond motifs is 7. The fourth-order valence-corrected chi connectivity index (χ4v) is 12.2. The quantitative estimate of drug-likeness (QED) is 0.366. The summed E-state index contributed by atoms with van der Waals surface area (Å²) in [4.78, 5) is 28.0. The molecular weight excluding hydrogens is 502 g/mol. The lowest BCUT2D eigenvalue weighted by Gasteiger charge is -2.71. The number of hydrogen-bond acceptors (Lipinski definition) is 6. The van der Waals surface area contributed by atoms with Gasteiger partial charge in [0.05, 0.1) is 5.57 Å². The Morgan fingerprint density at radius 1 is 0.923 bits per heavy atom. The van der Waals surface area contributed by atoms with Crippen LogP contribution in [0.15, 0.2) is 11.6 Å². The Bertz CT molecular complexity index is 1330. The summed E-state index contributed by atoms with van der Waals surface area (Å²) in [5.74, 6) is 0.937. The number of hydrogen-bond donors (Lipinski definition) is 0. The number of ketones is 2.